The van der Waals surface area contributed by atoms with Gasteiger partial charge in [-0.25, -0.2) is 0 Å². The summed E-state index contributed by atoms with van der Waals surface area (Å²) in [5.74, 6) is -0.131. The molecule has 17 heavy (non-hydrogen) atoms. The van der Waals surface area contributed by atoms with Crippen LogP contribution in [-0.2, 0) is 0 Å². The van der Waals surface area contributed by atoms with Gasteiger partial charge in [0.25, 0.3) is 5.91 Å². The SMILES string of the molecule is O=C(NC1CCCCC1Cl)c1ccccc1Cl. The van der Waals surface area contributed by atoms with Gasteiger partial charge >= 0.3 is 0 Å². The van der Waals surface area contributed by atoms with E-state index in [1.807, 2.05) is 6.07 Å². The molecular formula is C13H15Cl2NO. The van der Waals surface area contributed by atoms with Crippen LogP contribution in [0.3, 0.4) is 0 Å². The van der Waals surface area contributed by atoms with Crippen molar-refractivity contribution in [2.24, 2.45) is 0 Å². The normalized spacial score (nSPS) is 24.4. The van der Waals surface area contributed by atoms with Gasteiger partial charge in [-0.3, -0.25) is 4.79 Å². The van der Waals surface area contributed by atoms with Crippen molar-refractivity contribution in [3.8, 4) is 0 Å². The molecule has 0 spiro atoms. The molecule has 4 heteroatoms. The van der Waals surface area contributed by atoms with Gasteiger partial charge in [0, 0.05) is 6.04 Å². The van der Waals surface area contributed by atoms with Gasteiger partial charge < -0.3 is 5.32 Å². The summed E-state index contributed by atoms with van der Waals surface area (Å²) in [7, 11) is 0. The van der Waals surface area contributed by atoms with E-state index in [1.165, 1.54) is 0 Å². The fourth-order valence-electron chi connectivity index (χ4n) is 2.14. The minimum absolute atomic E-state index is 0.0372. The Kier molecular flexibility index (Phi) is 4.30. The van der Waals surface area contributed by atoms with E-state index in [4.69, 9.17) is 23.2 Å². The lowest BCUT2D eigenvalue weighted by Gasteiger charge is -2.27. The van der Waals surface area contributed by atoms with Crippen molar-refractivity contribution in [3.05, 3.63) is 34.9 Å². The highest BCUT2D eigenvalue weighted by atomic mass is 35.5. The largest absolute Gasteiger partial charge is 0.348 e. The molecule has 1 aromatic rings. The fourth-order valence-corrected chi connectivity index (χ4v) is 2.70. The molecule has 1 fully saturated rings. The van der Waals surface area contributed by atoms with Gasteiger partial charge in [-0.05, 0) is 25.0 Å². The highest BCUT2D eigenvalue weighted by Crippen LogP contribution is 2.24. The molecule has 0 radical (unpaired) electrons. The van der Waals surface area contributed by atoms with Crippen LogP contribution in [0.5, 0.6) is 0 Å². The first-order valence-corrected chi connectivity index (χ1v) is 6.69. The Labute approximate surface area is 111 Å². The first-order valence-electron chi connectivity index (χ1n) is 5.88. The lowest BCUT2D eigenvalue weighted by Crippen LogP contribution is -2.42. The van der Waals surface area contributed by atoms with Gasteiger partial charge in [-0.2, -0.15) is 0 Å². The van der Waals surface area contributed by atoms with Crippen molar-refractivity contribution in [2.75, 3.05) is 0 Å². The van der Waals surface area contributed by atoms with Crippen molar-refractivity contribution < 1.29 is 4.79 Å². The average Bonchev–Trinajstić information content (AvgIpc) is 2.32. The van der Waals surface area contributed by atoms with E-state index in [1.54, 1.807) is 18.2 Å². The fraction of sp³-hybridized carbons (Fsp3) is 0.462. The topological polar surface area (TPSA) is 29.1 Å². The zero-order valence-electron chi connectivity index (χ0n) is 9.46. The molecule has 2 atom stereocenters. The third kappa shape index (κ3) is 3.14. The molecule has 1 aliphatic rings. The van der Waals surface area contributed by atoms with Crippen LogP contribution in [0.25, 0.3) is 0 Å². The molecule has 0 heterocycles. The number of carbonyl (C=O) groups is 1. The van der Waals surface area contributed by atoms with Gasteiger partial charge in [0.05, 0.1) is 16.0 Å². The van der Waals surface area contributed by atoms with Gasteiger partial charge in [-0.15, -0.1) is 11.6 Å². The van der Waals surface area contributed by atoms with Crippen molar-refractivity contribution in [3.63, 3.8) is 0 Å². The lowest BCUT2D eigenvalue weighted by atomic mass is 9.94. The average molecular weight is 272 g/mol. The van der Waals surface area contributed by atoms with Crippen LogP contribution in [-0.4, -0.2) is 17.3 Å². The maximum absolute atomic E-state index is 12.0. The minimum Gasteiger partial charge on any atom is -0.348 e. The summed E-state index contributed by atoms with van der Waals surface area (Å²) in [5.41, 5.74) is 0.517. The van der Waals surface area contributed by atoms with Crippen LogP contribution in [0.4, 0.5) is 0 Å². The van der Waals surface area contributed by atoms with E-state index in [2.05, 4.69) is 5.32 Å². The van der Waals surface area contributed by atoms with Gasteiger partial charge in [0.15, 0.2) is 0 Å². The van der Waals surface area contributed by atoms with E-state index in [0.29, 0.717) is 10.6 Å². The van der Waals surface area contributed by atoms with E-state index < -0.39 is 0 Å². The third-order valence-corrected chi connectivity index (χ3v) is 3.97. The number of alkyl halides is 1. The standard InChI is InChI=1S/C13H15Cl2NO/c14-10-6-2-1-5-9(10)13(17)16-12-8-4-3-7-11(12)15/h1-2,5-6,11-12H,3-4,7-8H2,(H,16,17). The van der Waals surface area contributed by atoms with Gasteiger partial charge in [-0.1, -0.05) is 36.6 Å². The predicted octanol–water partition coefficient (Wildman–Crippen LogP) is 3.62. The Balaban J connectivity index is 2.04. The molecule has 1 aromatic carbocycles. The minimum atomic E-state index is -0.131. The summed E-state index contributed by atoms with van der Waals surface area (Å²) in [6, 6.07) is 7.12. The molecule has 2 rings (SSSR count). The maximum atomic E-state index is 12.0. The lowest BCUT2D eigenvalue weighted by molar-refractivity contribution is 0.0929. The Morgan fingerprint density at radius 2 is 1.94 bits per heavy atom. The number of hydrogen-bond donors (Lipinski definition) is 1. The van der Waals surface area contributed by atoms with E-state index in [0.717, 1.165) is 25.7 Å². The predicted molar refractivity (Wildman–Crippen MR) is 70.8 cm³/mol. The zero-order valence-corrected chi connectivity index (χ0v) is 11.0. The molecule has 0 bridgehead atoms. The monoisotopic (exact) mass is 271 g/mol. The van der Waals surface area contributed by atoms with Crippen LogP contribution in [0.15, 0.2) is 24.3 Å². The quantitative estimate of drug-likeness (QED) is 0.818. The van der Waals surface area contributed by atoms with Gasteiger partial charge in [0.2, 0.25) is 0 Å². The van der Waals surface area contributed by atoms with E-state index in [-0.39, 0.29) is 17.3 Å². The Bertz CT molecular complexity index is 408. The number of benzene rings is 1. The second kappa shape index (κ2) is 5.74. The summed E-state index contributed by atoms with van der Waals surface area (Å²) in [4.78, 5) is 12.0. The Hall–Kier alpha value is -0.730. The number of nitrogens with one attached hydrogen (secondary N) is 1. The molecule has 0 saturated heterocycles. The molecule has 92 valence electrons. The van der Waals surface area contributed by atoms with Gasteiger partial charge in [0.1, 0.15) is 0 Å². The second-order valence-electron chi connectivity index (χ2n) is 4.36. The van der Waals surface area contributed by atoms with Crippen LogP contribution in [0, 0.1) is 0 Å². The molecule has 1 aliphatic carbocycles. The Morgan fingerprint density at radius 3 is 2.65 bits per heavy atom. The summed E-state index contributed by atoms with van der Waals surface area (Å²) >= 11 is 12.2. The zero-order chi connectivity index (χ0) is 12.3. The maximum Gasteiger partial charge on any atom is 0.253 e. The molecule has 0 aliphatic heterocycles. The summed E-state index contributed by atoms with van der Waals surface area (Å²) in [5, 5.41) is 3.49. The summed E-state index contributed by atoms with van der Waals surface area (Å²) in [6.07, 6.45) is 4.18. The molecule has 2 nitrogen and oxygen atoms in total. The molecule has 1 saturated carbocycles. The molecule has 1 amide bonds. The van der Waals surface area contributed by atoms with Crippen molar-refractivity contribution in [1.29, 1.82) is 0 Å². The van der Waals surface area contributed by atoms with E-state index in [9.17, 15) is 4.79 Å². The highest BCUT2D eigenvalue weighted by molar-refractivity contribution is 6.33. The molecule has 0 aromatic heterocycles. The second-order valence-corrected chi connectivity index (χ2v) is 5.33. The van der Waals surface area contributed by atoms with E-state index >= 15 is 0 Å². The number of carbonyl (C=O) groups excluding carboxylic acids is 1. The van der Waals surface area contributed by atoms with Crippen molar-refractivity contribution in [1.82, 2.24) is 5.32 Å². The van der Waals surface area contributed by atoms with Crippen LogP contribution < -0.4 is 5.32 Å². The number of hydrogen-bond acceptors (Lipinski definition) is 1. The molecule has 1 N–H and O–H groups in total. The number of amides is 1. The third-order valence-electron chi connectivity index (χ3n) is 3.12. The smallest absolute Gasteiger partial charge is 0.253 e. The molecular weight excluding hydrogens is 257 g/mol. The molecule has 2 unspecified atom stereocenters. The van der Waals surface area contributed by atoms with Crippen LogP contribution in [0.1, 0.15) is 36.0 Å². The highest BCUT2D eigenvalue weighted by Gasteiger charge is 2.25. The Morgan fingerprint density at radius 1 is 1.24 bits per heavy atom. The first kappa shape index (κ1) is 12.7. The summed E-state index contributed by atoms with van der Waals surface area (Å²) in [6.45, 7) is 0. The van der Waals surface area contributed by atoms with Crippen molar-refractivity contribution >= 4 is 29.1 Å². The number of rotatable bonds is 2. The van der Waals surface area contributed by atoms with Crippen LogP contribution >= 0.6 is 23.2 Å². The summed E-state index contributed by atoms with van der Waals surface area (Å²) < 4.78 is 0. The number of halogens is 2. The van der Waals surface area contributed by atoms with Crippen LogP contribution in [0.2, 0.25) is 5.02 Å². The first-order chi connectivity index (χ1) is 8.18. The van der Waals surface area contributed by atoms with Crippen molar-refractivity contribution in [2.45, 2.75) is 37.1 Å².